The molecule has 6 aromatic carbocycles. The minimum atomic E-state index is -0.316. The van der Waals surface area contributed by atoms with E-state index in [4.69, 9.17) is 18.0 Å². The molecule has 0 amide bonds. The predicted molar refractivity (Wildman–Crippen MR) is 265 cm³/mol. The van der Waals surface area contributed by atoms with E-state index in [1.165, 1.54) is 31.8 Å². The van der Waals surface area contributed by atoms with Gasteiger partial charge in [-0.1, -0.05) is 182 Å². The van der Waals surface area contributed by atoms with Gasteiger partial charge in [-0.3, -0.25) is 4.79 Å². The van der Waals surface area contributed by atoms with Gasteiger partial charge in [0.05, 0.1) is 18.8 Å². The molecule has 0 saturated carbocycles. The fourth-order valence-corrected chi connectivity index (χ4v) is 13.9. The molecule has 3 heterocycles. The van der Waals surface area contributed by atoms with E-state index in [9.17, 15) is 0 Å². The summed E-state index contributed by atoms with van der Waals surface area (Å²) in [7, 11) is -0.947. The van der Waals surface area contributed by atoms with Crippen LogP contribution < -0.4 is 31.8 Å². The van der Waals surface area contributed by atoms with Crippen LogP contribution in [0.25, 0.3) is 0 Å². The molecule has 0 unspecified atom stereocenters. The first-order chi connectivity index (χ1) is 30.8. The SMILES string of the molecule is [C]=O.[Rh].c1ccc(P(CCc2ccco2)c2ccccc2)cc1.c1ccc(P(CCc2ccco2)c2ccccc2)cc1.c1ccc(P(CCc2ccco2)c2ccccc2)cc1. The topological polar surface area (TPSA) is 56.5 Å². The maximum absolute atomic E-state index is 7.50. The summed E-state index contributed by atoms with van der Waals surface area (Å²) in [6.45, 7) is 4.50. The molecule has 0 aliphatic heterocycles. The van der Waals surface area contributed by atoms with Gasteiger partial charge in [0.1, 0.15) is 17.3 Å². The van der Waals surface area contributed by atoms with Crippen molar-refractivity contribution in [2.75, 3.05) is 18.5 Å². The summed E-state index contributed by atoms with van der Waals surface area (Å²) in [6, 6.07) is 76.9. The second-order valence-electron chi connectivity index (χ2n) is 14.0. The second-order valence-corrected chi connectivity index (χ2v) is 21.0. The summed E-state index contributed by atoms with van der Waals surface area (Å²) in [4.78, 5) is 7.50. The number of rotatable bonds is 15. The number of hydrogen-bond acceptors (Lipinski definition) is 4. The van der Waals surface area contributed by atoms with Crippen molar-refractivity contribution in [3.05, 3.63) is 254 Å². The molecular weight excluding hydrogens is 920 g/mol. The van der Waals surface area contributed by atoms with Crippen molar-refractivity contribution in [3.8, 4) is 0 Å². The molecule has 0 N–H and O–H groups in total. The number of hydrogen-bond donors (Lipinski definition) is 0. The van der Waals surface area contributed by atoms with E-state index in [-0.39, 0.29) is 43.2 Å². The minimum Gasteiger partial charge on any atom is -0.469 e. The van der Waals surface area contributed by atoms with Crippen LogP contribution >= 0.6 is 23.8 Å². The normalized spacial score (nSPS) is 10.4. The fourth-order valence-electron chi connectivity index (χ4n) is 6.90. The molecule has 9 aromatic rings. The second kappa shape index (κ2) is 28.4. The van der Waals surface area contributed by atoms with Crippen molar-refractivity contribution in [1.82, 2.24) is 0 Å². The van der Waals surface area contributed by atoms with Gasteiger partial charge in [0.25, 0.3) is 6.79 Å². The van der Waals surface area contributed by atoms with Gasteiger partial charge >= 0.3 is 0 Å². The Balaban J connectivity index is 0.000000173. The summed E-state index contributed by atoms with van der Waals surface area (Å²) in [5.41, 5.74) is 0. The Labute approximate surface area is 389 Å². The van der Waals surface area contributed by atoms with Gasteiger partial charge in [-0.25, -0.2) is 0 Å². The van der Waals surface area contributed by atoms with Crippen molar-refractivity contribution in [1.29, 1.82) is 0 Å². The molecule has 0 aliphatic carbocycles. The van der Waals surface area contributed by atoms with E-state index in [1.54, 1.807) is 18.8 Å². The van der Waals surface area contributed by atoms with Crippen molar-refractivity contribution in [3.63, 3.8) is 0 Å². The van der Waals surface area contributed by atoms with Crippen LogP contribution in [0.1, 0.15) is 17.3 Å². The van der Waals surface area contributed by atoms with Crippen LogP contribution in [-0.4, -0.2) is 25.3 Å². The van der Waals surface area contributed by atoms with Gasteiger partial charge < -0.3 is 13.3 Å². The Bertz CT molecular complexity index is 2040. The molecular formula is C55H51O4P3Rh. The summed E-state index contributed by atoms with van der Waals surface area (Å²) in [5, 5.41) is 8.58. The van der Waals surface area contributed by atoms with Crippen LogP contribution in [0.3, 0.4) is 0 Å². The Morgan fingerprint density at radius 3 is 0.635 bits per heavy atom. The van der Waals surface area contributed by atoms with Crippen molar-refractivity contribution in [2.24, 2.45) is 0 Å². The Morgan fingerprint density at radius 1 is 0.286 bits per heavy atom. The van der Waals surface area contributed by atoms with Crippen molar-refractivity contribution in [2.45, 2.75) is 19.3 Å². The third-order valence-electron chi connectivity index (χ3n) is 9.89. The van der Waals surface area contributed by atoms with E-state index < -0.39 is 0 Å². The summed E-state index contributed by atoms with van der Waals surface area (Å²) < 4.78 is 16.4. The number of carbonyl (C=O) groups excluding carboxylic acids is 1. The Morgan fingerprint density at radius 2 is 0.476 bits per heavy atom. The molecule has 319 valence electrons. The van der Waals surface area contributed by atoms with Gasteiger partial charge in [-0.05, 0) is 110 Å². The Hall–Kier alpha value is -5.26. The Kier molecular flexibility index (Phi) is 22.0. The van der Waals surface area contributed by atoms with Crippen LogP contribution in [0, 0.1) is 0 Å². The van der Waals surface area contributed by atoms with Crippen LogP contribution in [0.15, 0.2) is 250 Å². The maximum Gasteiger partial charge on any atom is 0.281 e. The van der Waals surface area contributed by atoms with Crippen LogP contribution in [0.4, 0.5) is 0 Å². The molecule has 0 atom stereocenters. The number of benzene rings is 6. The van der Waals surface area contributed by atoms with E-state index in [0.29, 0.717) is 0 Å². The molecule has 0 bridgehead atoms. The van der Waals surface area contributed by atoms with Crippen LogP contribution in [-0.2, 0) is 43.5 Å². The molecule has 3 aromatic heterocycles. The molecule has 63 heavy (non-hydrogen) atoms. The van der Waals surface area contributed by atoms with E-state index in [1.807, 2.05) is 18.2 Å². The minimum absolute atomic E-state index is 0. The smallest absolute Gasteiger partial charge is 0.281 e. The first-order valence-corrected chi connectivity index (χ1v) is 25.3. The third kappa shape index (κ3) is 16.1. The van der Waals surface area contributed by atoms with Gasteiger partial charge in [0, 0.05) is 38.7 Å². The van der Waals surface area contributed by atoms with Crippen molar-refractivity contribution < 1.29 is 37.5 Å². The zero-order valence-electron chi connectivity index (χ0n) is 35.1. The zero-order valence-corrected chi connectivity index (χ0v) is 39.4. The van der Waals surface area contributed by atoms with Crippen LogP contribution in [0.2, 0.25) is 0 Å². The first-order valence-electron chi connectivity index (χ1n) is 20.7. The van der Waals surface area contributed by atoms with E-state index in [2.05, 4.69) is 207 Å². The van der Waals surface area contributed by atoms with E-state index >= 15 is 0 Å². The van der Waals surface area contributed by atoms with Gasteiger partial charge in [-0.2, -0.15) is 0 Å². The predicted octanol–water partition coefficient (Wildman–Crippen LogP) is 11.5. The first kappa shape index (κ1) is 48.8. The molecule has 8 heteroatoms. The number of furan rings is 3. The summed E-state index contributed by atoms with van der Waals surface area (Å²) in [5.74, 6) is 3.22. The molecule has 9 rings (SSSR count). The van der Waals surface area contributed by atoms with Gasteiger partial charge in [0.15, 0.2) is 0 Å². The van der Waals surface area contributed by atoms with Crippen LogP contribution in [0.5, 0.6) is 0 Å². The van der Waals surface area contributed by atoms with Gasteiger partial charge in [0.2, 0.25) is 0 Å². The third-order valence-corrected chi connectivity index (χ3v) is 17.4. The molecule has 0 spiro atoms. The standard InChI is InChI=1S/3C18H17OP.CO.Rh/c3*1-3-9-17(10-4-1)20(18-11-5-2-6-12-18)15-13-16-8-7-14-19-16;1-2;/h3*1-12,14H,13,15H2;;. The quantitative estimate of drug-likeness (QED) is 0.0759. The monoisotopic (exact) mass is 971 g/mol. The zero-order chi connectivity index (χ0) is 42.9. The average molecular weight is 972 g/mol. The van der Waals surface area contributed by atoms with Crippen molar-refractivity contribution >= 4 is 62.4 Å². The fraction of sp³-hybridized carbons (Fsp3) is 0.109. The molecule has 0 fully saturated rings. The molecule has 4 nitrogen and oxygen atoms in total. The molecule has 3 radical (unpaired) electrons. The summed E-state index contributed by atoms with van der Waals surface area (Å²) in [6.07, 6.45) is 11.6. The van der Waals surface area contributed by atoms with Gasteiger partial charge in [-0.15, -0.1) is 0 Å². The van der Waals surface area contributed by atoms with E-state index in [0.717, 1.165) is 55.0 Å². The molecule has 0 aliphatic rings. The maximum atomic E-state index is 7.50. The average Bonchev–Trinajstić information content (AvgIpc) is 4.19. The number of aryl methyl sites for hydroxylation is 3. The largest absolute Gasteiger partial charge is 0.469 e. The molecule has 0 saturated heterocycles. The summed E-state index contributed by atoms with van der Waals surface area (Å²) >= 11 is 0.